The van der Waals surface area contributed by atoms with Crippen LogP contribution in [0.3, 0.4) is 0 Å². The van der Waals surface area contributed by atoms with Gasteiger partial charge in [-0.05, 0) is 73.6 Å². The molecule has 2 aromatic heterocycles. The van der Waals surface area contributed by atoms with Gasteiger partial charge >= 0.3 is 53.5 Å². The van der Waals surface area contributed by atoms with Crippen molar-refractivity contribution < 1.29 is 26.8 Å². The predicted molar refractivity (Wildman–Crippen MR) is 267 cm³/mol. The third-order valence-corrected chi connectivity index (χ3v) is 31.4. The summed E-state index contributed by atoms with van der Waals surface area (Å²) in [6.45, 7) is 17.5. The van der Waals surface area contributed by atoms with E-state index in [0.29, 0.717) is 0 Å². The van der Waals surface area contributed by atoms with Crippen molar-refractivity contribution in [2.24, 2.45) is 0 Å². The Bertz CT molecular complexity index is 3000. The van der Waals surface area contributed by atoms with Gasteiger partial charge in [-0.15, -0.1) is 57.9 Å². The van der Waals surface area contributed by atoms with Crippen molar-refractivity contribution >= 4 is 65.5 Å². The Morgan fingerprint density at radius 3 is 1.23 bits per heavy atom. The molecule has 0 spiro atoms. The summed E-state index contributed by atoms with van der Waals surface area (Å²) < 4.78 is 11.9. The zero-order chi connectivity index (χ0) is 43.7. The molecule has 0 aliphatic rings. The third kappa shape index (κ3) is 9.18. The molecule has 62 heavy (non-hydrogen) atoms. The first kappa shape index (κ1) is 43.9. The molecule has 8 aromatic carbocycles. The van der Waals surface area contributed by atoms with Gasteiger partial charge in [-0.25, -0.2) is 0 Å². The zero-order valence-corrected chi connectivity index (χ0v) is 41.8. The number of furan rings is 2. The van der Waals surface area contributed by atoms with E-state index in [1.165, 1.54) is 88.0 Å². The van der Waals surface area contributed by atoms with Crippen molar-refractivity contribution in [3.8, 4) is 44.9 Å². The van der Waals surface area contributed by atoms with E-state index in [1.54, 1.807) is 0 Å². The monoisotopic (exact) mass is 944 g/mol. The molecule has 0 atom stereocenters. The molecule has 0 radical (unpaired) electrons. The first-order chi connectivity index (χ1) is 29.9. The number of fused-ring (bicyclic) bond motifs is 4. The van der Waals surface area contributed by atoms with Crippen molar-refractivity contribution in [2.75, 3.05) is 0 Å². The zero-order valence-electron chi connectivity index (χ0n) is 36.8. The van der Waals surface area contributed by atoms with Crippen LogP contribution >= 0.6 is 17.0 Å². The van der Waals surface area contributed by atoms with Gasteiger partial charge in [0, 0.05) is 10.8 Å². The standard InChI is InChI=1S/2C27H23O.C2H6Si.2ClH.Zr/c2*1-4-19-9-10-20-14-23(27-24-8-6-5-7-21(24)16-28-27)15-25(20)26(19)22-12-17(2)11-18(3)13-22;1-3-2;;;/h2*5-16H,4H2,1-3H3;1-2H3;2*1H;/q2*-1;;;;+2/p-2. The van der Waals surface area contributed by atoms with E-state index in [1.807, 2.05) is 12.5 Å². The summed E-state index contributed by atoms with van der Waals surface area (Å²) in [6.07, 6.45) is 5.74. The van der Waals surface area contributed by atoms with Crippen LogP contribution in [0.2, 0.25) is 13.1 Å². The fraction of sp³-hybridized carbons (Fsp3) is 0.179. The topological polar surface area (TPSA) is 26.3 Å². The number of hydrogen-bond acceptors (Lipinski definition) is 2. The van der Waals surface area contributed by atoms with Gasteiger partial charge in [0.05, 0.1) is 24.0 Å². The van der Waals surface area contributed by atoms with Crippen molar-refractivity contribution in [3.05, 3.63) is 179 Å². The van der Waals surface area contributed by atoms with Gasteiger partial charge in [-0.1, -0.05) is 155 Å². The Labute approximate surface area is 381 Å². The average Bonchev–Trinajstić information content (AvgIpc) is 4.07. The number of aryl methyl sites for hydroxylation is 6. The molecule has 10 rings (SSSR count). The Kier molecular flexibility index (Phi) is 13.4. The Hall–Kier alpha value is -4.70. The van der Waals surface area contributed by atoms with E-state index in [9.17, 15) is 0 Å². The Morgan fingerprint density at radius 1 is 0.500 bits per heavy atom. The number of benzene rings is 6. The summed E-state index contributed by atoms with van der Waals surface area (Å²) in [6, 6.07) is 48.5. The van der Waals surface area contributed by atoms with E-state index in [4.69, 9.17) is 25.9 Å². The van der Waals surface area contributed by atoms with Crippen LogP contribution in [0.4, 0.5) is 0 Å². The molecule has 0 saturated heterocycles. The molecular formula is C56H52Cl2O2SiZr-2. The Morgan fingerprint density at radius 2 is 0.871 bits per heavy atom. The van der Waals surface area contributed by atoms with Gasteiger partial charge in [0.25, 0.3) is 0 Å². The Balaban J connectivity index is 0.000000151. The van der Waals surface area contributed by atoms with Crippen LogP contribution in [0.25, 0.3) is 88.0 Å². The number of halogens is 2. The summed E-state index contributed by atoms with van der Waals surface area (Å²) in [4.78, 5) is 0. The molecule has 0 fully saturated rings. The summed E-state index contributed by atoms with van der Waals surface area (Å²) in [5.74, 6) is 1.91. The second-order valence-electron chi connectivity index (χ2n) is 16.7. The van der Waals surface area contributed by atoms with Crippen LogP contribution in [0.5, 0.6) is 0 Å². The van der Waals surface area contributed by atoms with E-state index in [2.05, 4.69) is 188 Å². The minimum absolute atomic E-state index is 0.224. The van der Waals surface area contributed by atoms with Crippen molar-refractivity contribution in [1.82, 2.24) is 0 Å². The van der Waals surface area contributed by atoms with Gasteiger partial charge in [0.15, 0.2) is 0 Å². The van der Waals surface area contributed by atoms with Crippen LogP contribution < -0.4 is 0 Å². The molecule has 0 N–H and O–H groups in total. The fourth-order valence-corrected chi connectivity index (χ4v) is 8.86. The van der Waals surface area contributed by atoms with Gasteiger partial charge in [-0.3, -0.25) is 0 Å². The summed E-state index contributed by atoms with van der Waals surface area (Å²) >= 11 is -1.65. The summed E-state index contributed by atoms with van der Waals surface area (Å²) in [7, 11) is 11.2. The quantitative estimate of drug-likeness (QED) is 0.123. The second kappa shape index (κ2) is 19.0. The number of rotatable bonds is 6. The van der Waals surface area contributed by atoms with E-state index in [0.717, 1.165) is 46.3 Å². The summed E-state index contributed by atoms with van der Waals surface area (Å²) in [5.41, 5.74) is 15.4. The van der Waals surface area contributed by atoms with Crippen LogP contribution in [0.1, 0.15) is 47.2 Å². The third-order valence-electron chi connectivity index (χ3n) is 11.7. The van der Waals surface area contributed by atoms with Crippen LogP contribution in [0, 0.1) is 27.7 Å². The number of hydrogen-bond donors (Lipinski definition) is 0. The SMILES string of the molecule is CCc1ccc2[cH-]c(-c3occ4ccccc34)cc2c1-c1cc(C)cc(C)c1.CCc1ccc2[cH-]c(-c3occ4ccccc34)cc2c1-c1cc(C)cc(C)c1.C[Si](C)=[Zr]([Cl])[Cl]. The van der Waals surface area contributed by atoms with Gasteiger partial charge < -0.3 is 8.83 Å². The molecule has 0 bridgehead atoms. The van der Waals surface area contributed by atoms with Gasteiger partial charge in [-0.2, -0.15) is 0 Å². The van der Waals surface area contributed by atoms with Crippen molar-refractivity contribution in [3.63, 3.8) is 0 Å². The van der Waals surface area contributed by atoms with Crippen LogP contribution in [-0.4, -0.2) is 5.43 Å². The first-order valence-corrected chi connectivity index (χ1v) is 34.0. The molecule has 0 aliphatic heterocycles. The molecule has 312 valence electrons. The van der Waals surface area contributed by atoms with Crippen LogP contribution in [0.15, 0.2) is 155 Å². The maximum atomic E-state index is 5.97. The normalized spacial score (nSPS) is 11.2. The first-order valence-electron chi connectivity index (χ1n) is 21.5. The predicted octanol–water partition coefficient (Wildman–Crippen LogP) is 17.8. The van der Waals surface area contributed by atoms with E-state index >= 15 is 0 Å². The maximum absolute atomic E-state index is 5.97. The van der Waals surface area contributed by atoms with Crippen LogP contribution in [-0.2, 0) is 30.8 Å². The molecule has 0 saturated carbocycles. The molecule has 0 aliphatic carbocycles. The van der Waals surface area contributed by atoms with Crippen molar-refractivity contribution in [1.29, 1.82) is 0 Å². The second-order valence-corrected chi connectivity index (χ2v) is 39.7. The van der Waals surface area contributed by atoms with E-state index < -0.39 is 18.0 Å². The minimum atomic E-state index is -1.65. The molecule has 0 unspecified atom stereocenters. The molecule has 0 amide bonds. The molecule has 10 aromatic rings. The van der Waals surface area contributed by atoms with Crippen molar-refractivity contribution in [2.45, 2.75) is 67.5 Å². The average molecular weight is 947 g/mol. The molecule has 2 heterocycles. The molecular weight excluding hydrogens is 895 g/mol. The van der Waals surface area contributed by atoms with E-state index in [-0.39, 0.29) is 5.43 Å². The fourth-order valence-electron chi connectivity index (χ4n) is 8.86. The van der Waals surface area contributed by atoms with Gasteiger partial charge in [0.2, 0.25) is 0 Å². The summed E-state index contributed by atoms with van der Waals surface area (Å²) in [5, 5.41) is 9.77. The molecule has 2 nitrogen and oxygen atoms in total. The molecule has 6 heteroatoms. The van der Waals surface area contributed by atoms with Gasteiger partial charge in [0.1, 0.15) is 0 Å².